The molecule has 2 aromatic rings. The Morgan fingerprint density at radius 1 is 1.20 bits per heavy atom. The van der Waals surface area contributed by atoms with Crippen molar-refractivity contribution in [2.24, 2.45) is 4.99 Å². The van der Waals surface area contributed by atoms with E-state index in [1.165, 1.54) is 23.9 Å². The molecule has 20 heavy (non-hydrogen) atoms. The van der Waals surface area contributed by atoms with E-state index in [1.807, 2.05) is 36.7 Å². The van der Waals surface area contributed by atoms with Gasteiger partial charge in [0.05, 0.1) is 5.69 Å². The SMILES string of the molecule is CSC(=Nc1ccccc1-c1ccc(F)cc1)NC#N. The molecule has 0 saturated carbocycles. The first kappa shape index (κ1) is 14.1. The first-order valence-electron chi connectivity index (χ1n) is 5.87. The van der Waals surface area contributed by atoms with Gasteiger partial charge in [0.15, 0.2) is 11.4 Å². The van der Waals surface area contributed by atoms with Crippen LogP contribution in [0.3, 0.4) is 0 Å². The van der Waals surface area contributed by atoms with Crippen LogP contribution in [0.4, 0.5) is 10.1 Å². The lowest BCUT2D eigenvalue weighted by atomic mass is 10.0. The topological polar surface area (TPSA) is 48.2 Å². The van der Waals surface area contributed by atoms with Crippen molar-refractivity contribution < 1.29 is 4.39 Å². The van der Waals surface area contributed by atoms with Crippen molar-refractivity contribution in [2.45, 2.75) is 0 Å². The van der Waals surface area contributed by atoms with Gasteiger partial charge < -0.3 is 0 Å². The monoisotopic (exact) mass is 285 g/mol. The molecule has 0 aliphatic carbocycles. The highest BCUT2D eigenvalue weighted by Crippen LogP contribution is 2.30. The fraction of sp³-hybridized carbons (Fsp3) is 0.0667. The molecule has 5 heteroatoms. The third-order valence-corrected chi connectivity index (χ3v) is 3.22. The van der Waals surface area contributed by atoms with Crippen LogP contribution in [0.25, 0.3) is 11.1 Å². The van der Waals surface area contributed by atoms with Gasteiger partial charge in [0.1, 0.15) is 5.82 Å². The van der Waals surface area contributed by atoms with E-state index >= 15 is 0 Å². The summed E-state index contributed by atoms with van der Waals surface area (Å²) in [5.41, 5.74) is 2.49. The molecule has 2 rings (SSSR count). The van der Waals surface area contributed by atoms with E-state index in [4.69, 9.17) is 5.26 Å². The number of hydrogen-bond donors (Lipinski definition) is 1. The van der Waals surface area contributed by atoms with Crippen molar-refractivity contribution >= 4 is 22.6 Å². The quantitative estimate of drug-likeness (QED) is 0.394. The molecule has 0 spiro atoms. The molecule has 0 fully saturated rings. The number of nitrogens with one attached hydrogen (secondary N) is 1. The lowest BCUT2D eigenvalue weighted by molar-refractivity contribution is 0.628. The van der Waals surface area contributed by atoms with Gasteiger partial charge in [-0.1, -0.05) is 42.1 Å². The minimum Gasteiger partial charge on any atom is -0.271 e. The summed E-state index contributed by atoms with van der Waals surface area (Å²) >= 11 is 1.35. The predicted molar refractivity (Wildman–Crippen MR) is 81.2 cm³/mol. The van der Waals surface area contributed by atoms with Crippen LogP contribution in [-0.2, 0) is 0 Å². The summed E-state index contributed by atoms with van der Waals surface area (Å²) in [6.45, 7) is 0. The molecule has 3 nitrogen and oxygen atoms in total. The summed E-state index contributed by atoms with van der Waals surface area (Å²) in [6, 6.07) is 13.8. The number of nitriles is 1. The summed E-state index contributed by atoms with van der Waals surface area (Å²) in [4.78, 5) is 4.42. The second kappa shape index (κ2) is 6.73. The minimum atomic E-state index is -0.273. The van der Waals surface area contributed by atoms with E-state index < -0.39 is 0 Å². The standard InChI is InChI=1S/C15H12FN3S/c1-20-15(18-10-17)19-14-5-3-2-4-13(14)11-6-8-12(16)9-7-11/h2-9H,1H3,(H,18,19). The molecule has 2 aromatic carbocycles. The number of rotatable bonds is 2. The first-order chi connectivity index (χ1) is 9.74. The normalized spacial score (nSPS) is 10.9. The van der Waals surface area contributed by atoms with Crippen molar-refractivity contribution in [3.05, 3.63) is 54.3 Å². The summed E-state index contributed by atoms with van der Waals surface area (Å²) in [7, 11) is 0. The molecular formula is C15H12FN3S. The van der Waals surface area contributed by atoms with Gasteiger partial charge in [-0.05, 0) is 30.0 Å². The van der Waals surface area contributed by atoms with Crippen molar-refractivity contribution in [1.29, 1.82) is 5.26 Å². The zero-order chi connectivity index (χ0) is 14.4. The molecule has 0 aliphatic heterocycles. The average Bonchev–Trinajstić information content (AvgIpc) is 2.48. The lowest BCUT2D eigenvalue weighted by Gasteiger charge is -2.07. The van der Waals surface area contributed by atoms with E-state index in [-0.39, 0.29) is 5.82 Å². The minimum absolute atomic E-state index is 0.273. The maximum atomic E-state index is 13.0. The molecular weight excluding hydrogens is 273 g/mol. The van der Waals surface area contributed by atoms with E-state index in [9.17, 15) is 4.39 Å². The maximum absolute atomic E-state index is 13.0. The fourth-order valence-corrected chi connectivity index (χ4v) is 2.06. The van der Waals surface area contributed by atoms with Gasteiger partial charge >= 0.3 is 0 Å². The van der Waals surface area contributed by atoms with Gasteiger partial charge in [-0.15, -0.1) is 0 Å². The zero-order valence-electron chi connectivity index (χ0n) is 10.8. The molecule has 0 atom stereocenters. The van der Waals surface area contributed by atoms with Crippen LogP contribution in [-0.4, -0.2) is 11.4 Å². The van der Waals surface area contributed by atoms with E-state index in [0.717, 1.165) is 16.8 Å². The fourth-order valence-electron chi connectivity index (χ4n) is 1.73. The van der Waals surface area contributed by atoms with Crippen molar-refractivity contribution in [2.75, 3.05) is 6.26 Å². The molecule has 0 aromatic heterocycles. The Balaban J connectivity index is 2.45. The number of halogens is 1. The zero-order valence-corrected chi connectivity index (χ0v) is 11.6. The van der Waals surface area contributed by atoms with Gasteiger partial charge in [-0.3, -0.25) is 5.32 Å². The molecule has 0 saturated heterocycles. The van der Waals surface area contributed by atoms with Crippen molar-refractivity contribution in [3.63, 3.8) is 0 Å². The van der Waals surface area contributed by atoms with Crippen LogP contribution in [0.2, 0.25) is 0 Å². The molecule has 0 radical (unpaired) electrons. The molecule has 0 amide bonds. The number of aliphatic imine (C=N–C) groups is 1. The van der Waals surface area contributed by atoms with Crippen molar-refractivity contribution in [1.82, 2.24) is 5.32 Å². The van der Waals surface area contributed by atoms with E-state index in [0.29, 0.717) is 5.17 Å². The van der Waals surface area contributed by atoms with Gasteiger partial charge in [-0.2, -0.15) is 5.26 Å². The molecule has 0 heterocycles. The molecule has 1 N–H and O–H groups in total. The summed E-state index contributed by atoms with van der Waals surface area (Å²) in [6.07, 6.45) is 3.69. The van der Waals surface area contributed by atoms with Gasteiger partial charge in [-0.25, -0.2) is 9.38 Å². The highest BCUT2D eigenvalue weighted by molar-refractivity contribution is 8.13. The Hall–Kier alpha value is -2.32. The maximum Gasteiger partial charge on any atom is 0.183 e. The number of hydrogen-bond acceptors (Lipinski definition) is 3. The summed E-state index contributed by atoms with van der Waals surface area (Å²) in [5, 5.41) is 11.7. The third kappa shape index (κ3) is 3.37. The summed E-state index contributed by atoms with van der Waals surface area (Å²) in [5.74, 6) is -0.273. The highest BCUT2D eigenvalue weighted by Gasteiger charge is 2.05. The Morgan fingerprint density at radius 3 is 2.55 bits per heavy atom. The predicted octanol–water partition coefficient (Wildman–Crippen LogP) is 3.91. The number of benzene rings is 2. The molecule has 0 aliphatic rings. The number of nitrogens with zero attached hydrogens (tertiary/aromatic N) is 2. The van der Waals surface area contributed by atoms with E-state index in [1.54, 1.807) is 12.1 Å². The second-order valence-electron chi connectivity index (χ2n) is 3.88. The average molecular weight is 285 g/mol. The Kier molecular flexibility index (Phi) is 4.75. The van der Waals surface area contributed by atoms with E-state index in [2.05, 4.69) is 10.3 Å². The Labute approximate surface area is 121 Å². The Morgan fingerprint density at radius 2 is 1.90 bits per heavy atom. The van der Waals surface area contributed by atoms with Crippen molar-refractivity contribution in [3.8, 4) is 17.3 Å². The Bertz CT molecular complexity index is 660. The van der Waals surface area contributed by atoms with Crippen LogP contribution >= 0.6 is 11.8 Å². The smallest absolute Gasteiger partial charge is 0.183 e. The van der Waals surface area contributed by atoms with Crippen LogP contribution in [0, 0.1) is 17.3 Å². The molecule has 0 unspecified atom stereocenters. The number of para-hydroxylation sites is 1. The van der Waals surface area contributed by atoms with Crippen LogP contribution < -0.4 is 5.32 Å². The van der Waals surface area contributed by atoms with Crippen LogP contribution in [0.1, 0.15) is 0 Å². The first-order valence-corrected chi connectivity index (χ1v) is 7.10. The van der Waals surface area contributed by atoms with Crippen LogP contribution in [0.15, 0.2) is 53.5 Å². The highest BCUT2D eigenvalue weighted by atomic mass is 32.2. The largest absolute Gasteiger partial charge is 0.271 e. The van der Waals surface area contributed by atoms with Gasteiger partial charge in [0.25, 0.3) is 0 Å². The van der Waals surface area contributed by atoms with Crippen LogP contribution in [0.5, 0.6) is 0 Å². The number of thioether (sulfide) groups is 1. The van der Waals surface area contributed by atoms with Gasteiger partial charge in [0.2, 0.25) is 0 Å². The second-order valence-corrected chi connectivity index (χ2v) is 4.68. The lowest BCUT2D eigenvalue weighted by Crippen LogP contribution is -2.12. The number of amidine groups is 1. The van der Waals surface area contributed by atoms with Gasteiger partial charge in [0, 0.05) is 5.56 Å². The third-order valence-electron chi connectivity index (χ3n) is 2.64. The molecule has 0 bridgehead atoms. The summed E-state index contributed by atoms with van der Waals surface area (Å²) < 4.78 is 13.0. The molecule has 100 valence electrons.